The highest BCUT2D eigenvalue weighted by Gasteiger charge is 2.41. The first-order valence-corrected chi connectivity index (χ1v) is 8.59. The van der Waals surface area contributed by atoms with Gasteiger partial charge in [0.25, 0.3) is 0 Å². The lowest BCUT2D eigenvalue weighted by atomic mass is 9.93. The highest BCUT2D eigenvalue weighted by atomic mass is 15.2. The summed E-state index contributed by atoms with van der Waals surface area (Å²) in [7, 11) is 8.75. The van der Waals surface area contributed by atoms with Crippen LogP contribution in [-0.2, 0) is 0 Å². The van der Waals surface area contributed by atoms with Crippen molar-refractivity contribution in [2.75, 3.05) is 54.4 Å². The summed E-state index contributed by atoms with van der Waals surface area (Å²) in [5.41, 5.74) is 0. The molecule has 0 aromatic carbocycles. The number of rotatable bonds is 9. The average molecular weight is 281 g/mol. The predicted molar refractivity (Wildman–Crippen MR) is 87.2 cm³/mol. The van der Waals surface area contributed by atoms with Gasteiger partial charge in [-0.1, -0.05) is 6.42 Å². The van der Waals surface area contributed by atoms with Crippen molar-refractivity contribution >= 4 is 0 Å². The third kappa shape index (κ3) is 4.71. The first kappa shape index (κ1) is 16.3. The highest BCUT2D eigenvalue weighted by molar-refractivity contribution is 4.95. The maximum Gasteiger partial charge on any atom is 0.0126 e. The molecular formula is C17H35N3. The van der Waals surface area contributed by atoms with Crippen LogP contribution in [0.5, 0.6) is 0 Å². The molecule has 2 bridgehead atoms. The monoisotopic (exact) mass is 281 g/mol. The second-order valence-electron chi connectivity index (χ2n) is 7.59. The van der Waals surface area contributed by atoms with E-state index < -0.39 is 0 Å². The van der Waals surface area contributed by atoms with Crippen LogP contribution in [0.1, 0.15) is 38.5 Å². The van der Waals surface area contributed by atoms with E-state index in [1.807, 2.05) is 0 Å². The van der Waals surface area contributed by atoms with E-state index in [9.17, 15) is 0 Å². The molecule has 3 atom stereocenters. The normalized spacial score (nSPS) is 29.2. The number of nitrogens with zero attached hydrogens (tertiary/aromatic N) is 3. The fourth-order valence-corrected chi connectivity index (χ4v) is 4.28. The third-order valence-corrected chi connectivity index (χ3v) is 5.27. The molecule has 20 heavy (non-hydrogen) atoms. The van der Waals surface area contributed by atoms with E-state index in [4.69, 9.17) is 0 Å². The topological polar surface area (TPSA) is 9.72 Å². The molecular weight excluding hydrogens is 246 g/mol. The number of hydrogen-bond acceptors (Lipinski definition) is 3. The fraction of sp³-hybridized carbons (Fsp3) is 1.00. The molecule has 0 N–H and O–H groups in total. The first-order valence-electron chi connectivity index (χ1n) is 8.59. The Morgan fingerprint density at radius 3 is 1.75 bits per heavy atom. The summed E-state index contributed by atoms with van der Waals surface area (Å²) in [6.45, 7) is 5.06. The third-order valence-electron chi connectivity index (χ3n) is 5.27. The minimum atomic E-state index is 0.915. The first-order chi connectivity index (χ1) is 9.56. The van der Waals surface area contributed by atoms with Crippen molar-refractivity contribution < 1.29 is 0 Å². The van der Waals surface area contributed by atoms with E-state index in [2.05, 4.69) is 42.9 Å². The van der Waals surface area contributed by atoms with Gasteiger partial charge in [-0.05, 0) is 98.3 Å². The van der Waals surface area contributed by atoms with Gasteiger partial charge in [-0.3, -0.25) is 0 Å². The molecule has 2 aliphatic rings. The standard InChI is InChI=1S/C17H35N3/c1-18(2)9-5-11-20(12-6-10-19(3)4)17-14-15-7-8-16(17)13-15/h15-17H,5-14H2,1-4H3. The van der Waals surface area contributed by atoms with E-state index in [1.165, 1.54) is 64.7 Å². The van der Waals surface area contributed by atoms with Crippen LogP contribution in [0.25, 0.3) is 0 Å². The zero-order chi connectivity index (χ0) is 14.5. The molecule has 3 heteroatoms. The van der Waals surface area contributed by atoms with Crippen LogP contribution in [0.2, 0.25) is 0 Å². The summed E-state index contributed by atoms with van der Waals surface area (Å²) in [5, 5.41) is 0. The van der Waals surface area contributed by atoms with E-state index in [-0.39, 0.29) is 0 Å². The van der Waals surface area contributed by atoms with E-state index in [1.54, 1.807) is 0 Å². The van der Waals surface area contributed by atoms with Crippen molar-refractivity contribution in [1.82, 2.24) is 14.7 Å². The fourth-order valence-electron chi connectivity index (χ4n) is 4.28. The van der Waals surface area contributed by atoms with Gasteiger partial charge in [0, 0.05) is 6.04 Å². The van der Waals surface area contributed by atoms with Crippen molar-refractivity contribution in [3.05, 3.63) is 0 Å². The highest BCUT2D eigenvalue weighted by Crippen LogP contribution is 2.46. The molecule has 2 fully saturated rings. The average Bonchev–Trinajstić information content (AvgIpc) is 2.98. The van der Waals surface area contributed by atoms with E-state index >= 15 is 0 Å². The summed E-state index contributed by atoms with van der Waals surface area (Å²) in [6.07, 6.45) is 8.69. The van der Waals surface area contributed by atoms with Gasteiger partial charge < -0.3 is 14.7 Å². The van der Waals surface area contributed by atoms with Gasteiger partial charge >= 0.3 is 0 Å². The molecule has 3 unspecified atom stereocenters. The lowest BCUT2D eigenvalue weighted by molar-refractivity contribution is 0.132. The van der Waals surface area contributed by atoms with Gasteiger partial charge in [0.05, 0.1) is 0 Å². The predicted octanol–water partition coefficient (Wildman–Crippen LogP) is 2.38. The molecule has 0 radical (unpaired) electrons. The minimum absolute atomic E-state index is 0.915. The van der Waals surface area contributed by atoms with Crippen LogP contribution in [-0.4, -0.2) is 75.1 Å². The maximum absolute atomic E-state index is 2.84. The van der Waals surface area contributed by atoms with Crippen molar-refractivity contribution in [2.45, 2.75) is 44.6 Å². The van der Waals surface area contributed by atoms with Crippen LogP contribution in [0.3, 0.4) is 0 Å². The molecule has 2 saturated carbocycles. The SMILES string of the molecule is CN(C)CCCN(CCCN(C)C)C1CC2CCC1C2. The Labute approximate surface area is 126 Å². The summed E-state index contributed by atoms with van der Waals surface area (Å²) in [5.74, 6) is 2.09. The van der Waals surface area contributed by atoms with Crippen LogP contribution in [0.4, 0.5) is 0 Å². The van der Waals surface area contributed by atoms with Crippen molar-refractivity contribution in [1.29, 1.82) is 0 Å². The smallest absolute Gasteiger partial charge is 0.0126 e. The van der Waals surface area contributed by atoms with Gasteiger partial charge in [0.2, 0.25) is 0 Å². The zero-order valence-corrected chi connectivity index (χ0v) is 14.1. The molecule has 0 amide bonds. The van der Waals surface area contributed by atoms with Crippen molar-refractivity contribution in [3.63, 3.8) is 0 Å². The second-order valence-corrected chi connectivity index (χ2v) is 7.59. The number of hydrogen-bond donors (Lipinski definition) is 0. The molecule has 2 rings (SSSR count). The molecule has 0 aromatic heterocycles. The quantitative estimate of drug-likeness (QED) is 0.642. The Bertz CT molecular complexity index is 263. The lowest BCUT2D eigenvalue weighted by Crippen LogP contribution is -2.41. The Hall–Kier alpha value is -0.120. The Morgan fingerprint density at radius 2 is 1.35 bits per heavy atom. The molecule has 0 aromatic rings. The lowest BCUT2D eigenvalue weighted by Gasteiger charge is -2.35. The Morgan fingerprint density at radius 1 is 0.750 bits per heavy atom. The molecule has 2 aliphatic carbocycles. The summed E-state index contributed by atoms with van der Waals surface area (Å²) >= 11 is 0. The van der Waals surface area contributed by atoms with Crippen molar-refractivity contribution in [2.24, 2.45) is 11.8 Å². The van der Waals surface area contributed by atoms with Crippen LogP contribution < -0.4 is 0 Å². The Balaban J connectivity index is 1.79. The molecule has 0 spiro atoms. The maximum atomic E-state index is 2.84. The zero-order valence-electron chi connectivity index (χ0n) is 14.1. The van der Waals surface area contributed by atoms with Gasteiger partial charge in [-0.2, -0.15) is 0 Å². The van der Waals surface area contributed by atoms with Crippen LogP contribution in [0.15, 0.2) is 0 Å². The molecule has 118 valence electrons. The largest absolute Gasteiger partial charge is 0.309 e. The summed E-state index contributed by atoms with van der Waals surface area (Å²) in [4.78, 5) is 7.48. The molecule has 3 nitrogen and oxygen atoms in total. The molecule has 0 heterocycles. The summed E-state index contributed by atoms with van der Waals surface area (Å²) < 4.78 is 0. The van der Waals surface area contributed by atoms with Gasteiger partial charge in [0.15, 0.2) is 0 Å². The van der Waals surface area contributed by atoms with E-state index in [0.29, 0.717) is 0 Å². The van der Waals surface area contributed by atoms with Crippen LogP contribution >= 0.6 is 0 Å². The molecule has 0 saturated heterocycles. The minimum Gasteiger partial charge on any atom is -0.309 e. The van der Waals surface area contributed by atoms with Crippen molar-refractivity contribution in [3.8, 4) is 0 Å². The van der Waals surface area contributed by atoms with Gasteiger partial charge in [0.1, 0.15) is 0 Å². The van der Waals surface area contributed by atoms with E-state index in [0.717, 1.165) is 17.9 Å². The van der Waals surface area contributed by atoms with Crippen LogP contribution in [0, 0.1) is 11.8 Å². The van der Waals surface area contributed by atoms with Gasteiger partial charge in [-0.25, -0.2) is 0 Å². The second kappa shape index (κ2) is 7.77. The molecule has 0 aliphatic heterocycles. The Kier molecular flexibility index (Phi) is 6.31. The summed E-state index contributed by atoms with van der Waals surface area (Å²) in [6, 6.07) is 0.915. The number of fused-ring (bicyclic) bond motifs is 2. The van der Waals surface area contributed by atoms with Gasteiger partial charge in [-0.15, -0.1) is 0 Å².